The van der Waals surface area contributed by atoms with Crippen molar-refractivity contribution in [1.82, 2.24) is 4.90 Å². The van der Waals surface area contributed by atoms with Gasteiger partial charge in [0.1, 0.15) is 0 Å². The Morgan fingerprint density at radius 3 is 2.91 bits per heavy atom. The van der Waals surface area contributed by atoms with E-state index in [1.807, 2.05) is 11.8 Å². The normalized spacial score (nSPS) is 24.8. The number of guanidine groups is 1. The monoisotopic (exact) mass is 318 g/mol. The Balaban J connectivity index is 1.65. The van der Waals surface area contributed by atoms with Crippen molar-refractivity contribution in [3.8, 4) is 0 Å². The zero-order valence-electron chi connectivity index (χ0n) is 13.6. The van der Waals surface area contributed by atoms with Crippen molar-refractivity contribution in [2.75, 3.05) is 37.5 Å². The van der Waals surface area contributed by atoms with E-state index in [1.54, 1.807) is 0 Å². The second kappa shape index (κ2) is 6.50. The molecule has 1 aliphatic carbocycles. The summed E-state index contributed by atoms with van der Waals surface area (Å²) in [6.45, 7) is 0.761. The van der Waals surface area contributed by atoms with Gasteiger partial charge in [-0.1, -0.05) is 6.07 Å². The van der Waals surface area contributed by atoms with Gasteiger partial charge in [-0.3, -0.25) is 4.99 Å². The quantitative estimate of drug-likeness (QED) is 0.661. The fourth-order valence-corrected chi connectivity index (χ4v) is 4.83. The summed E-state index contributed by atoms with van der Waals surface area (Å²) in [4.78, 5) is 6.92. The molecule has 0 amide bonds. The lowest BCUT2D eigenvalue weighted by Gasteiger charge is -2.34. The number of anilines is 1. The Hall–Kier alpha value is -1.20. The summed E-state index contributed by atoms with van der Waals surface area (Å²) >= 11 is 2.01. The van der Waals surface area contributed by atoms with Gasteiger partial charge in [0.25, 0.3) is 0 Å². The number of fused-ring (bicyclic) bond motifs is 1. The molecule has 2 aliphatic rings. The van der Waals surface area contributed by atoms with E-state index in [0.29, 0.717) is 5.96 Å². The highest BCUT2D eigenvalue weighted by molar-refractivity contribution is 7.99. The number of benzene rings is 1. The molecule has 3 rings (SSSR count). The van der Waals surface area contributed by atoms with Gasteiger partial charge in [-0.05, 0) is 68.8 Å². The maximum Gasteiger partial charge on any atom is 0.193 e. The minimum absolute atomic E-state index is 0.162. The van der Waals surface area contributed by atoms with Gasteiger partial charge in [-0.25, -0.2) is 0 Å². The van der Waals surface area contributed by atoms with E-state index < -0.39 is 0 Å². The number of thioether (sulfide) groups is 1. The van der Waals surface area contributed by atoms with Crippen LogP contribution in [0.2, 0.25) is 0 Å². The molecule has 120 valence electrons. The highest BCUT2D eigenvalue weighted by atomic mass is 32.2. The predicted octanol–water partition coefficient (Wildman–Crippen LogP) is 2.34. The Kier molecular flexibility index (Phi) is 4.64. The number of nitrogens with one attached hydrogen (secondary N) is 1. The van der Waals surface area contributed by atoms with Crippen molar-refractivity contribution in [3.05, 3.63) is 29.3 Å². The molecule has 0 radical (unpaired) electrons. The van der Waals surface area contributed by atoms with Crippen LogP contribution in [-0.4, -0.2) is 48.5 Å². The third-order valence-corrected chi connectivity index (χ3v) is 6.18. The van der Waals surface area contributed by atoms with Crippen LogP contribution >= 0.6 is 11.8 Å². The minimum Gasteiger partial charge on any atom is -0.370 e. The number of nitrogens with two attached hydrogens (primary N) is 1. The zero-order valence-corrected chi connectivity index (χ0v) is 14.4. The molecule has 1 aromatic carbocycles. The lowest BCUT2D eigenvalue weighted by molar-refractivity contribution is 0.190. The molecule has 0 spiro atoms. The van der Waals surface area contributed by atoms with Crippen LogP contribution in [0.5, 0.6) is 0 Å². The van der Waals surface area contributed by atoms with Gasteiger partial charge >= 0.3 is 0 Å². The van der Waals surface area contributed by atoms with Crippen molar-refractivity contribution in [2.45, 2.75) is 31.2 Å². The van der Waals surface area contributed by atoms with Crippen molar-refractivity contribution >= 4 is 23.4 Å². The number of hydrogen-bond donors (Lipinski definition) is 2. The van der Waals surface area contributed by atoms with Crippen LogP contribution in [0.4, 0.5) is 5.69 Å². The van der Waals surface area contributed by atoms with E-state index >= 15 is 0 Å². The first kappa shape index (κ1) is 15.7. The third-order valence-electron chi connectivity index (χ3n) is 4.95. The summed E-state index contributed by atoms with van der Waals surface area (Å²) in [6.07, 6.45) is 4.84. The van der Waals surface area contributed by atoms with Crippen LogP contribution in [-0.2, 0) is 12.8 Å². The van der Waals surface area contributed by atoms with Gasteiger partial charge in [0, 0.05) is 17.0 Å². The molecular weight excluding hydrogens is 292 g/mol. The van der Waals surface area contributed by atoms with Crippen molar-refractivity contribution in [3.63, 3.8) is 0 Å². The van der Waals surface area contributed by atoms with E-state index in [2.05, 4.69) is 47.5 Å². The molecule has 3 N–H and O–H groups in total. The molecule has 22 heavy (non-hydrogen) atoms. The van der Waals surface area contributed by atoms with Gasteiger partial charge in [0.2, 0.25) is 0 Å². The molecule has 5 heteroatoms. The third kappa shape index (κ3) is 3.25. The van der Waals surface area contributed by atoms with E-state index in [-0.39, 0.29) is 5.54 Å². The zero-order chi connectivity index (χ0) is 15.6. The maximum absolute atomic E-state index is 6.10. The molecule has 1 aromatic rings. The largest absolute Gasteiger partial charge is 0.370 e. The van der Waals surface area contributed by atoms with Gasteiger partial charge in [-0.2, -0.15) is 11.8 Å². The van der Waals surface area contributed by atoms with Gasteiger partial charge in [0.15, 0.2) is 5.96 Å². The lowest BCUT2D eigenvalue weighted by atomic mass is 9.98. The van der Waals surface area contributed by atoms with Crippen LogP contribution in [0.3, 0.4) is 0 Å². The molecule has 1 fully saturated rings. The fourth-order valence-electron chi connectivity index (χ4n) is 3.28. The van der Waals surface area contributed by atoms with Crippen molar-refractivity contribution < 1.29 is 0 Å². The number of rotatable bonds is 4. The Morgan fingerprint density at radius 2 is 2.18 bits per heavy atom. The molecule has 1 saturated heterocycles. The summed E-state index contributed by atoms with van der Waals surface area (Å²) in [5.41, 5.74) is 10.3. The first-order valence-electron chi connectivity index (χ1n) is 8.03. The molecule has 0 saturated carbocycles. The smallest absolute Gasteiger partial charge is 0.193 e. The van der Waals surface area contributed by atoms with Crippen molar-refractivity contribution in [2.24, 2.45) is 10.7 Å². The first-order chi connectivity index (χ1) is 10.6. The lowest BCUT2D eigenvalue weighted by Crippen LogP contribution is -2.47. The van der Waals surface area contributed by atoms with Crippen LogP contribution in [0.15, 0.2) is 23.2 Å². The summed E-state index contributed by atoms with van der Waals surface area (Å²) < 4.78 is 0. The summed E-state index contributed by atoms with van der Waals surface area (Å²) in [6, 6.07) is 6.55. The highest BCUT2D eigenvalue weighted by Crippen LogP contribution is 2.32. The summed E-state index contributed by atoms with van der Waals surface area (Å²) in [5, 5.41) is 3.25. The van der Waals surface area contributed by atoms with E-state index in [1.165, 1.54) is 42.6 Å². The number of aliphatic imine (C=N–C) groups is 1. The second-order valence-corrected chi connectivity index (χ2v) is 7.69. The maximum atomic E-state index is 6.10. The van der Waals surface area contributed by atoms with E-state index in [9.17, 15) is 0 Å². The van der Waals surface area contributed by atoms with Crippen LogP contribution in [0.25, 0.3) is 0 Å². The minimum atomic E-state index is 0.162. The highest BCUT2D eigenvalue weighted by Gasteiger charge is 2.36. The van der Waals surface area contributed by atoms with Gasteiger partial charge < -0.3 is 16.0 Å². The summed E-state index contributed by atoms with van der Waals surface area (Å²) in [5.74, 6) is 2.87. The van der Waals surface area contributed by atoms with Crippen LogP contribution < -0.4 is 11.1 Å². The first-order valence-corrected chi connectivity index (χ1v) is 9.18. The van der Waals surface area contributed by atoms with Crippen LogP contribution in [0, 0.1) is 0 Å². The predicted molar refractivity (Wildman–Crippen MR) is 96.9 cm³/mol. The molecule has 0 bridgehead atoms. The van der Waals surface area contributed by atoms with E-state index in [4.69, 9.17) is 5.73 Å². The molecule has 1 aliphatic heterocycles. The Morgan fingerprint density at radius 1 is 1.36 bits per heavy atom. The Bertz CT molecular complexity index is 562. The topological polar surface area (TPSA) is 53.6 Å². The van der Waals surface area contributed by atoms with Crippen LogP contribution in [0.1, 0.15) is 24.0 Å². The molecule has 4 nitrogen and oxygen atoms in total. The molecule has 1 atom stereocenters. The average molecular weight is 318 g/mol. The van der Waals surface area contributed by atoms with Crippen molar-refractivity contribution in [1.29, 1.82) is 0 Å². The molecule has 1 unspecified atom stereocenters. The van der Waals surface area contributed by atoms with Gasteiger partial charge in [0.05, 0.1) is 6.54 Å². The van der Waals surface area contributed by atoms with Gasteiger partial charge in [-0.15, -0.1) is 0 Å². The average Bonchev–Trinajstić information content (AvgIpc) is 3.14. The summed E-state index contributed by atoms with van der Waals surface area (Å²) in [7, 11) is 4.29. The SMILES string of the molecule is CN(C)C1(CN=C(N)Nc2ccc3c(c2)CCC3)CCSC1. The standard InChI is InChI=1S/C17H26N4S/c1-21(2)17(8-9-22-12-17)11-19-16(18)20-15-7-6-13-4-3-5-14(13)10-15/h6-7,10H,3-5,8-9,11-12H2,1-2H3,(H3,18,19,20). The molecule has 1 heterocycles. The number of hydrogen-bond acceptors (Lipinski definition) is 3. The second-order valence-electron chi connectivity index (χ2n) is 6.58. The number of likely N-dealkylation sites (N-methyl/N-ethyl adjacent to an activating group) is 1. The van der Waals surface area contributed by atoms with E-state index in [0.717, 1.165) is 18.0 Å². The fraction of sp³-hybridized carbons (Fsp3) is 0.588. The molecular formula is C17H26N4S. The number of nitrogens with zero attached hydrogens (tertiary/aromatic N) is 2. The Labute approximate surface area is 137 Å². The molecule has 0 aromatic heterocycles. The number of aryl methyl sites for hydroxylation is 2.